The second-order valence-corrected chi connectivity index (χ2v) is 8.18. The fraction of sp³-hybridized carbons (Fsp3) is 0.375. The first kappa shape index (κ1) is 17.8. The van der Waals surface area contributed by atoms with Gasteiger partial charge in [-0.1, -0.05) is 17.7 Å². The Bertz CT molecular complexity index is 821. The summed E-state index contributed by atoms with van der Waals surface area (Å²) in [6, 6.07) is 11.3. The van der Waals surface area contributed by atoms with Crippen LogP contribution in [0, 0.1) is 0 Å². The van der Waals surface area contributed by atoms with E-state index in [9.17, 15) is 8.42 Å². The third kappa shape index (κ3) is 4.52. The number of nitrogens with zero attached hydrogens (tertiary/aromatic N) is 4. The minimum atomic E-state index is -3.34. The Labute approximate surface area is 152 Å². The van der Waals surface area contributed by atoms with Crippen LogP contribution < -0.4 is 14.5 Å². The predicted octanol–water partition coefficient (Wildman–Crippen LogP) is 2.22. The van der Waals surface area contributed by atoms with Gasteiger partial charge in [0, 0.05) is 36.9 Å². The van der Waals surface area contributed by atoms with Gasteiger partial charge in [-0.2, -0.15) is 0 Å². The van der Waals surface area contributed by atoms with Crippen LogP contribution in [0.15, 0.2) is 36.4 Å². The minimum Gasteiger partial charge on any atom is -0.368 e. The van der Waals surface area contributed by atoms with E-state index in [4.69, 9.17) is 11.6 Å². The molecule has 1 aromatic carbocycles. The number of anilines is 3. The van der Waals surface area contributed by atoms with Crippen LogP contribution in [0.25, 0.3) is 0 Å². The van der Waals surface area contributed by atoms with Crippen molar-refractivity contribution in [2.75, 3.05) is 46.5 Å². The van der Waals surface area contributed by atoms with Crippen molar-refractivity contribution in [3.05, 3.63) is 41.4 Å². The Morgan fingerprint density at radius 3 is 2.40 bits per heavy atom. The highest BCUT2D eigenvalue weighted by Gasteiger charge is 2.19. The number of benzene rings is 1. The van der Waals surface area contributed by atoms with Crippen LogP contribution in [-0.2, 0) is 10.0 Å². The van der Waals surface area contributed by atoms with E-state index in [2.05, 4.69) is 30.8 Å². The second kappa shape index (κ2) is 7.45. The zero-order chi connectivity index (χ0) is 17.9. The molecule has 1 saturated heterocycles. The summed E-state index contributed by atoms with van der Waals surface area (Å²) in [5, 5.41) is 8.84. The van der Waals surface area contributed by atoms with E-state index in [-0.39, 0.29) is 11.6 Å². The fourth-order valence-corrected chi connectivity index (χ4v) is 3.40. The molecule has 0 spiro atoms. The molecule has 1 N–H and O–H groups in total. The number of halogens is 1. The summed E-state index contributed by atoms with van der Waals surface area (Å²) in [4.78, 5) is 4.41. The Morgan fingerprint density at radius 2 is 1.80 bits per heavy atom. The third-order valence-corrected chi connectivity index (χ3v) is 5.58. The van der Waals surface area contributed by atoms with Gasteiger partial charge in [0.25, 0.3) is 0 Å². The molecule has 7 nitrogen and oxygen atoms in total. The number of sulfonamides is 1. The predicted molar refractivity (Wildman–Crippen MR) is 101 cm³/mol. The molecule has 0 bridgehead atoms. The van der Waals surface area contributed by atoms with Crippen molar-refractivity contribution in [3.63, 3.8) is 0 Å². The molecule has 1 fully saturated rings. The highest BCUT2D eigenvalue weighted by Crippen LogP contribution is 2.22. The Balaban J connectivity index is 1.61. The summed E-state index contributed by atoms with van der Waals surface area (Å²) < 4.78 is 25.5. The maximum absolute atomic E-state index is 11.5. The number of rotatable bonds is 5. The topological polar surface area (TPSA) is 78.4 Å². The number of piperazine rings is 1. The molecule has 0 saturated carbocycles. The molecule has 0 radical (unpaired) electrons. The van der Waals surface area contributed by atoms with Gasteiger partial charge < -0.3 is 9.80 Å². The van der Waals surface area contributed by atoms with E-state index >= 15 is 0 Å². The van der Waals surface area contributed by atoms with Crippen molar-refractivity contribution in [1.82, 2.24) is 10.2 Å². The van der Waals surface area contributed by atoms with Gasteiger partial charge in [-0.25, -0.2) is 8.42 Å². The van der Waals surface area contributed by atoms with E-state index in [0.717, 1.165) is 42.7 Å². The molecule has 2 aromatic rings. The Kier molecular flexibility index (Phi) is 5.29. The van der Waals surface area contributed by atoms with Crippen LogP contribution in [0.3, 0.4) is 0 Å². The normalized spacial score (nSPS) is 15.3. The summed E-state index contributed by atoms with van der Waals surface area (Å²) in [5.74, 6) is 0.982. The molecule has 134 valence electrons. The smallest absolute Gasteiger partial charge is 0.233 e. The second-order valence-electron chi connectivity index (χ2n) is 5.74. The summed E-state index contributed by atoms with van der Waals surface area (Å²) in [7, 11) is -3.34. The summed E-state index contributed by atoms with van der Waals surface area (Å²) in [6.45, 7) is 4.89. The number of aromatic nitrogens is 2. The lowest BCUT2D eigenvalue weighted by atomic mass is 10.2. The average Bonchev–Trinajstić information content (AvgIpc) is 2.62. The Hall–Kier alpha value is -2.06. The highest BCUT2D eigenvalue weighted by atomic mass is 35.5. The largest absolute Gasteiger partial charge is 0.368 e. The monoisotopic (exact) mass is 381 g/mol. The molecule has 0 amide bonds. The standard InChI is InChI=1S/C16H20ClN5O2S/c1-2-25(23,24)20-15-6-7-16(19-18-15)22-10-8-21(9-11-22)14-5-3-4-13(17)12-14/h3-7,12H,2,8-11H2,1H3,(H,18,20). The van der Waals surface area contributed by atoms with E-state index in [1.54, 1.807) is 19.1 Å². The quantitative estimate of drug-likeness (QED) is 0.855. The van der Waals surface area contributed by atoms with E-state index < -0.39 is 10.0 Å². The SMILES string of the molecule is CCS(=O)(=O)Nc1ccc(N2CCN(c3cccc(Cl)c3)CC2)nn1. The number of hydrogen-bond acceptors (Lipinski definition) is 6. The van der Waals surface area contributed by atoms with E-state index in [0.29, 0.717) is 0 Å². The fourth-order valence-electron chi connectivity index (χ4n) is 2.65. The molecule has 1 aromatic heterocycles. The molecule has 0 atom stereocenters. The molecular weight excluding hydrogens is 362 g/mol. The molecule has 0 aliphatic carbocycles. The van der Waals surface area contributed by atoms with Gasteiger partial charge in [-0.15, -0.1) is 10.2 Å². The van der Waals surface area contributed by atoms with Crippen molar-refractivity contribution >= 4 is 38.9 Å². The van der Waals surface area contributed by atoms with Gasteiger partial charge in [-0.05, 0) is 37.3 Å². The first-order chi connectivity index (χ1) is 12.0. The highest BCUT2D eigenvalue weighted by molar-refractivity contribution is 7.92. The van der Waals surface area contributed by atoms with Gasteiger partial charge in [0.15, 0.2) is 11.6 Å². The van der Waals surface area contributed by atoms with Gasteiger partial charge in [0.1, 0.15) is 0 Å². The zero-order valence-corrected chi connectivity index (χ0v) is 15.5. The molecule has 1 aliphatic rings. The van der Waals surface area contributed by atoms with Gasteiger partial charge in [0.2, 0.25) is 10.0 Å². The van der Waals surface area contributed by atoms with Crippen molar-refractivity contribution in [2.24, 2.45) is 0 Å². The van der Waals surface area contributed by atoms with Crippen LogP contribution in [0.5, 0.6) is 0 Å². The minimum absolute atomic E-state index is 0.00188. The summed E-state index contributed by atoms with van der Waals surface area (Å²) in [6.07, 6.45) is 0. The van der Waals surface area contributed by atoms with Crippen LogP contribution in [0.2, 0.25) is 5.02 Å². The summed E-state index contributed by atoms with van der Waals surface area (Å²) in [5.41, 5.74) is 1.11. The molecule has 2 heterocycles. The van der Waals surface area contributed by atoms with Crippen molar-refractivity contribution < 1.29 is 8.42 Å². The van der Waals surface area contributed by atoms with Crippen LogP contribution >= 0.6 is 11.6 Å². The molecular formula is C16H20ClN5O2S. The van der Waals surface area contributed by atoms with Crippen molar-refractivity contribution in [3.8, 4) is 0 Å². The maximum atomic E-state index is 11.5. The zero-order valence-electron chi connectivity index (χ0n) is 13.9. The number of hydrogen-bond donors (Lipinski definition) is 1. The van der Waals surface area contributed by atoms with E-state index in [1.807, 2.05) is 18.2 Å². The first-order valence-corrected chi connectivity index (χ1v) is 10.1. The average molecular weight is 382 g/mol. The van der Waals surface area contributed by atoms with Gasteiger partial charge >= 0.3 is 0 Å². The van der Waals surface area contributed by atoms with E-state index in [1.165, 1.54) is 0 Å². The molecule has 25 heavy (non-hydrogen) atoms. The lowest BCUT2D eigenvalue weighted by molar-refractivity contribution is 0.602. The van der Waals surface area contributed by atoms with Crippen LogP contribution in [-0.4, -0.2) is 50.5 Å². The van der Waals surface area contributed by atoms with Crippen molar-refractivity contribution in [2.45, 2.75) is 6.92 Å². The maximum Gasteiger partial charge on any atom is 0.233 e. The first-order valence-electron chi connectivity index (χ1n) is 8.06. The lowest BCUT2D eigenvalue weighted by Gasteiger charge is -2.36. The van der Waals surface area contributed by atoms with Crippen molar-refractivity contribution in [1.29, 1.82) is 0 Å². The van der Waals surface area contributed by atoms with Gasteiger partial charge in [-0.3, -0.25) is 4.72 Å². The Morgan fingerprint density at radius 1 is 1.08 bits per heavy atom. The lowest BCUT2D eigenvalue weighted by Crippen LogP contribution is -2.46. The third-order valence-electron chi connectivity index (χ3n) is 4.07. The van der Waals surface area contributed by atoms with Gasteiger partial charge in [0.05, 0.1) is 5.75 Å². The molecule has 9 heteroatoms. The molecule has 0 unspecified atom stereocenters. The van der Waals surface area contributed by atoms with Crippen LogP contribution in [0.4, 0.5) is 17.3 Å². The molecule has 1 aliphatic heterocycles. The van der Waals surface area contributed by atoms with Crippen LogP contribution in [0.1, 0.15) is 6.92 Å². The number of nitrogens with one attached hydrogen (secondary N) is 1. The summed E-state index contributed by atoms with van der Waals surface area (Å²) >= 11 is 6.06. The molecule has 3 rings (SSSR count).